The number of rotatable bonds is 5. The maximum atomic E-state index is 6.74. The van der Waals surface area contributed by atoms with Gasteiger partial charge in [-0.2, -0.15) is 0 Å². The van der Waals surface area contributed by atoms with Crippen LogP contribution in [0, 0.1) is 0 Å². The summed E-state index contributed by atoms with van der Waals surface area (Å²) in [5, 5.41) is 5.54. The molecule has 0 unspecified atom stereocenters. The van der Waals surface area contributed by atoms with Gasteiger partial charge in [0, 0.05) is 54.7 Å². The molecule has 0 radical (unpaired) electrons. The summed E-state index contributed by atoms with van der Waals surface area (Å²) in [5.41, 5.74) is 11.6. The Morgan fingerprint density at radius 1 is 0.373 bits per heavy atom. The van der Waals surface area contributed by atoms with E-state index in [4.69, 9.17) is 19.4 Å². The molecule has 4 nitrogen and oxygen atoms in total. The number of hydrogen-bond donors (Lipinski definition) is 0. The number of nitrogens with zero attached hydrogens (tertiary/aromatic N) is 3. The molecule has 0 N–H and O–H groups in total. The van der Waals surface area contributed by atoms with Crippen molar-refractivity contribution in [3.05, 3.63) is 176 Å². The molecule has 0 aliphatic rings. The number of fused-ring (bicyclic) bond motifs is 7. The van der Waals surface area contributed by atoms with E-state index in [2.05, 4.69) is 127 Å². The molecule has 0 aliphatic heterocycles. The van der Waals surface area contributed by atoms with E-state index < -0.39 is 0 Å². The Hall–Kier alpha value is -6.91. The number of para-hydroxylation sites is 2. The molecule has 0 spiro atoms. The second kappa shape index (κ2) is 11.9. The number of aromatic nitrogens is 3. The van der Waals surface area contributed by atoms with E-state index in [0.717, 1.165) is 94.1 Å². The van der Waals surface area contributed by atoms with Crippen LogP contribution in [0.3, 0.4) is 0 Å². The Morgan fingerprint density at radius 2 is 0.922 bits per heavy atom. The fourth-order valence-corrected chi connectivity index (χ4v) is 7.25. The van der Waals surface area contributed by atoms with Gasteiger partial charge in [-0.1, -0.05) is 152 Å². The van der Waals surface area contributed by atoms with E-state index in [-0.39, 0.29) is 0 Å². The van der Waals surface area contributed by atoms with Crippen molar-refractivity contribution in [3.63, 3.8) is 0 Å². The maximum Gasteiger partial charge on any atom is 0.160 e. The molecular weight excluding hydrogens is 623 g/mol. The molecule has 0 bridgehead atoms. The van der Waals surface area contributed by atoms with Crippen LogP contribution in [0.1, 0.15) is 0 Å². The topological polar surface area (TPSA) is 51.8 Å². The number of pyridine rings is 1. The van der Waals surface area contributed by atoms with Gasteiger partial charge in [0.25, 0.3) is 0 Å². The van der Waals surface area contributed by atoms with E-state index in [9.17, 15) is 0 Å². The zero-order valence-corrected chi connectivity index (χ0v) is 27.5. The van der Waals surface area contributed by atoms with Crippen LogP contribution >= 0.6 is 0 Å². The second-order valence-electron chi connectivity index (χ2n) is 12.8. The Kier molecular flexibility index (Phi) is 6.78. The van der Waals surface area contributed by atoms with Gasteiger partial charge in [0.2, 0.25) is 0 Å². The largest absolute Gasteiger partial charge is 0.455 e. The van der Waals surface area contributed by atoms with Crippen LogP contribution in [-0.4, -0.2) is 15.0 Å². The summed E-state index contributed by atoms with van der Waals surface area (Å²) < 4.78 is 6.74. The van der Waals surface area contributed by atoms with Gasteiger partial charge in [-0.3, -0.25) is 0 Å². The van der Waals surface area contributed by atoms with Crippen molar-refractivity contribution in [1.82, 2.24) is 15.0 Å². The number of benzene rings is 7. The predicted octanol–water partition coefficient (Wildman–Crippen LogP) is 12.4. The van der Waals surface area contributed by atoms with Crippen LogP contribution in [0.4, 0.5) is 0 Å². The van der Waals surface area contributed by atoms with Crippen LogP contribution in [0.15, 0.2) is 180 Å². The summed E-state index contributed by atoms with van der Waals surface area (Å²) in [6, 6.07) is 60.6. The minimum atomic E-state index is 0.677. The molecule has 7 aromatic carbocycles. The van der Waals surface area contributed by atoms with Gasteiger partial charge in [-0.05, 0) is 29.8 Å². The van der Waals surface area contributed by atoms with Crippen LogP contribution in [0.5, 0.6) is 0 Å². The second-order valence-corrected chi connectivity index (χ2v) is 12.8. The van der Waals surface area contributed by atoms with Gasteiger partial charge < -0.3 is 4.42 Å². The van der Waals surface area contributed by atoms with Crippen LogP contribution in [0.25, 0.3) is 99.9 Å². The molecule has 3 heterocycles. The molecule has 0 aliphatic carbocycles. The quantitative estimate of drug-likeness (QED) is 0.174. The van der Waals surface area contributed by atoms with Gasteiger partial charge >= 0.3 is 0 Å². The lowest BCUT2D eigenvalue weighted by atomic mass is 9.91. The Balaban J connectivity index is 1.20. The van der Waals surface area contributed by atoms with Crippen molar-refractivity contribution in [3.8, 4) is 56.3 Å². The lowest BCUT2D eigenvalue weighted by Crippen LogP contribution is -1.96. The van der Waals surface area contributed by atoms with E-state index in [1.54, 1.807) is 0 Å². The molecule has 0 saturated heterocycles. The zero-order valence-electron chi connectivity index (χ0n) is 27.5. The summed E-state index contributed by atoms with van der Waals surface area (Å²) in [6.45, 7) is 0. The molecule has 10 aromatic rings. The van der Waals surface area contributed by atoms with Gasteiger partial charge in [-0.25, -0.2) is 15.0 Å². The highest BCUT2D eigenvalue weighted by atomic mass is 16.3. The van der Waals surface area contributed by atoms with Gasteiger partial charge in [0.05, 0.1) is 22.6 Å². The highest BCUT2D eigenvalue weighted by Gasteiger charge is 2.21. The lowest BCUT2D eigenvalue weighted by Gasteiger charge is -2.14. The first-order valence-corrected chi connectivity index (χ1v) is 17.1. The zero-order chi connectivity index (χ0) is 33.7. The number of hydrogen-bond acceptors (Lipinski definition) is 4. The highest BCUT2D eigenvalue weighted by Crippen LogP contribution is 2.45. The predicted molar refractivity (Wildman–Crippen MR) is 209 cm³/mol. The first kappa shape index (κ1) is 29.0. The normalized spacial score (nSPS) is 11.5. The van der Waals surface area contributed by atoms with Crippen molar-refractivity contribution < 1.29 is 4.42 Å². The van der Waals surface area contributed by atoms with Crippen molar-refractivity contribution >= 4 is 43.6 Å². The van der Waals surface area contributed by atoms with Crippen molar-refractivity contribution in [2.24, 2.45) is 0 Å². The highest BCUT2D eigenvalue weighted by molar-refractivity contribution is 6.30. The summed E-state index contributed by atoms with van der Waals surface area (Å²) in [4.78, 5) is 15.4. The van der Waals surface area contributed by atoms with Crippen molar-refractivity contribution in [2.75, 3.05) is 0 Å². The van der Waals surface area contributed by atoms with E-state index in [0.29, 0.717) is 5.82 Å². The van der Waals surface area contributed by atoms with Gasteiger partial charge in [0.15, 0.2) is 5.82 Å². The third kappa shape index (κ3) is 4.96. The van der Waals surface area contributed by atoms with Crippen LogP contribution in [0.2, 0.25) is 0 Å². The van der Waals surface area contributed by atoms with E-state index in [1.807, 2.05) is 48.5 Å². The monoisotopic (exact) mass is 651 g/mol. The maximum absolute atomic E-state index is 6.74. The molecule has 0 amide bonds. The first-order valence-electron chi connectivity index (χ1n) is 17.1. The molecule has 4 heteroatoms. The summed E-state index contributed by atoms with van der Waals surface area (Å²) in [5.74, 6) is 0.677. The average Bonchev–Trinajstić information content (AvgIpc) is 3.61. The standard InChI is InChI=1S/C47H29N3O/c1-4-14-31(15-5-1)40-29-41(32-16-6-2-7-17-32)50-47(49-40)34-26-24-30(25-27-34)37-28-38-43(44-36-21-11-13-23-42(36)51-46(37)44)35-20-10-12-22-39(35)48-45(38)33-18-8-3-9-19-33/h1-29H. The summed E-state index contributed by atoms with van der Waals surface area (Å²) in [6.07, 6.45) is 0. The third-order valence-corrected chi connectivity index (χ3v) is 9.68. The Labute approximate surface area is 294 Å². The molecule has 3 aromatic heterocycles. The molecule has 51 heavy (non-hydrogen) atoms. The van der Waals surface area contributed by atoms with Crippen LogP contribution in [-0.2, 0) is 0 Å². The Bertz CT molecular complexity index is 2820. The van der Waals surface area contributed by atoms with Crippen LogP contribution < -0.4 is 0 Å². The molecule has 238 valence electrons. The van der Waals surface area contributed by atoms with E-state index >= 15 is 0 Å². The minimum Gasteiger partial charge on any atom is -0.455 e. The summed E-state index contributed by atoms with van der Waals surface area (Å²) >= 11 is 0. The SMILES string of the molecule is c1ccc(-c2cc(-c3ccccc3)nc(-c3ccc(-c4cc5c(-c6ccccc6)nc6ccccc6c5c5c4oc4ccccc45)cc3)n2)cc1. The van der Waals surface area contributed by atoms with Gasteiger partial charge in [-0.15, -0.1) is 0 Å². The first-order chi connectivity index (χ1) is 25.3. The van der Waals surface area contributed by atoms with Crippen molar-refractivity contribution in [1.29, 1.82) is 0 Å². The molecule has 0 saturated carbocycles. The fraction of sp³-hybridized carbons (Fsp3) is 0. The smallest absolute Gasteiger partial charge is 0.160 e. The number of furan rings is 1. The molecular formula is C47H29N3O. The average molecular weight is 652 g/mol. The third-order valence-electron chi connectivity index (χ3n) is 9.68. The molecule has 10 rings (SSSR count). The lowest BCUT2D eigenvalue weighted by molar-refractivity contribution is 0.670. The molecule has 0 fully saturated rings. The van der Waals surface area contributed by atoms with Gasteiger partial charge in [0.1, 0.15) is 11.2 Å². The molecule has 0 atom stereocenters. The van der Waals surface area contributed by atoms with Crippen molar-refractivity contribution in [2.45, 2.75) is 0 Å². The fourth-order valence-electron chi connectivity index (χ4n) is 7.25. The Morgan fingerprint density at radius 3 is 1.59 bits per heavy atom. The van der Waals surface area contributed by atoms with E-state index in [1.165, 1.54) is 0 Å². The minimum absolute atomic E-state index is 0.677. The summed E-state index contributed by atoms with van der Waals surface area (Å²) in [7, 11) is 0.